The topological polar surface area (TPSA) is 38.3 Å². The summed E-state index contributed by atoms with van der Waals surface area (Å²) < 4.78 is 4.67. The van der Waals surface area contributed by atoms with Gasteiger partial charge in [-0.25, -0.2) is 4.79 Å². The lowest BCUT2D eigenvalue weighted by atomic mass is 10.4. The summed E-state index contributed by atoms with van der Waals surface area (Å²) in [5.74, 6) is 0. The Morgan fingerprint density at radius 1 is 1.55 bits per heavy atom. The molecule has 0 saturated heterocycles. The number of alkyl carbamates (subject to hydrolysis) is 1. The maximum absolute atomic E-state index is 10.8. The summed E-state index contributed by atoms with van der Waals surface area (Å²) in [5.41, 5.74) is 0.839. The van der Waals surface area contributed by atoms with Gasteiger partial charge in [-0.1, -0.05) is 13.0 Å². The molecule has 0 aliphatic rings. The summed E-state index contributed by atoms with van der Waals surface area (Å²) in [5, 5.41) is 2.58. The van der Waals surface area contributed by atoms with E-state index in [-0.39, 0.29) is 6.09 Å². The maximum atomic E-state index is 10.8. The van der Waals surface area contributed by atoms with Gasteiger partial charge in [0.05, 0.1) is 6.61 Å². The van der Waals surface area contributed by atoms with Crippen molar-refractivity contribution in [2.75, 3.05) is 6.61 Å². The van der Waals surface area contributed by atoms with Crippen molar-refractivity contribution in [1.29, 1.82) is 0 Å². The monoisotopic (exact) mass is 157 g/mol. The van der Waals surface area contributed by atoms with Gasteiger partial charge in [0.1, 0.15) is 0 Å². The predicted molar refractivity (Wildman–Crippen MR) is 44.2 cm³/mol. The van der Waals surface area contributed by atoms with Crippen molar-refractivity contribution >= 4 is 6.09 Å². The number of hydrogen-bond donors (Lipinski definition) is 1. The summed E-state index contributed by atoms with van der Waals surface area (Å²) in [7, 11) is 0. The minimum Gasteiger partial charge on any atom is -0.450 e. The Labute approximate surface area is 67.4 Å². The van der Waals surface area contributed by atoms with Crippen LogP contribution in [0.1, 0.15) is 27.2 Å². The van der Waals surface area contributed by atoms with Gasteiger partial charge in [-0.2, -0.15) is 0 Å². The molecule has 0 radical (unpaired) electrons. The van der Waals surface area contributed by atoms with Crippen LogP contribution in [0, 0.1) is 0 Å². The molecule has 0 bridgehead atoms. The van der Waals surface area contributed by atoms with E-state index >= 15 is 0 Å². The smallest absolute Gasteiger partial charge is 0.411 e. The minimum atomic E-state index is -0.380. The molecule has 0 fully saturated rings. The van der Waals surface area contributed by atoms with Crippen LogP contribution in [-0.2, 0) is 4.74 Å². The number of ether oxygens (including phenoxy) is 1. The number of carbonyl (C=O) groups is 1. The predicted octanol–water partition coefficient (Wildman–Crippen LogP) is 2.05. The highest BCUT2D eigenvalue weighted by molar-refractivity contribution is 5.69. The Morgan fingerprint density at radius 3 is 2.64 bits per heavy atom. The van der Waals surface area contributed by atoms with Crippen molar-refractivity contribution in [3.63, 3.8) is 0 Å². The van der Waals surface area contributed by atoms with Crippen LogP contribution >= 0.6 is 0 Å². The van der Waals surface area contributed by atoms with E-state index < -0.39 is 0 Å². The van der Waals surface area contributed by atoms with Crippen LogP contribution < -0.4 is 5.32 Å². The first-order chi connectivity index (χ1) is 5.20. The average molecular weight is 157 g/mol. The molecule has 11 heavy (non-hydrogen) atoms. The van der Waals surface area contributed by atoms with E-state index in [9.17, 15) is 4.79 Å². The molecular weight excluding hydrogens is 142 g/mol. The number of allylic oxidation sites excluding steroid dienone is 2. The molecule has 0 saturated carbocycles. The molecule has 3 heteroatoms. The van der Waals surface area contributed by atoms with Crippen molar-refractivity contribution in [1.82, 2.24) is 5.32 Å². The molecule has 0 atom stereocenters. The average Bonchev–Trinajstić information content (AvgIpc) is 1.87. The van der Waals surface area contributed by atoms with Crippen LogP contribution in [0.3, 0.4) is 0 Å². The summed E-state index contributed by atoms with van der Waals surface area (Å²) in [4.78, 5) is 10.8. The van der Waals surface area contributed by atoms with Gasteiger partial charge in [-0.15, -0.1) is 0 Å². The number of rotatable bonds is 3. The standard InChI is InChI=1S/C8H15NO2/c1-4-6-7(3)9-8(10)11-5-2/h6H,4-5H2,1-3H3,(H,9,10)/b7-6-. The molecule has 0 aliphatic carbocycles. The second-order valence-corrected chi connectivity index (χ2v) is 2.14. The van der Waals surface area contributed by atoms with Crippen molar-refractivity contribution in [2.24, 2.45) is 0 Å². The molecule has 0 spiro atoms. The van der Waals surface area contributed by atoms with Crippen molar-refractivity contribution < 1.29 is 9.53 Å². The van der Waals surface area contributed by atoms with Crippen LogP contribution in [0.2, 0.25) is 0 Å². The number of carbonyl (C=O) groups excluding carboxylic acids is 1. The number of hydrogen-bond acceptors (Lipinski definition) is 2. The third-order valence-electron chi connectivity index (χ3n) is 1.08. The van der Waals surface area contributed by atoms with Crippen LogP contribution in [-0.4, -0.2) is 12.7 Å². The van der Waals surface area contributed by atoms with E-state index in [0.717, 1.165) is 12.1 Å². The molecule has 64 valence electrons. The van der Waals surface area contributed by atoms with Gasteiger partial charge in [0, 0.05) is 5.70 Å². The zero-order chi connectivity index (χ0) is 8.69. The van der Waals surface area contributed by atoms with Gasteiger partial charge in [0.15, 0.2) is 0 Å². The Hall–Kier alpha value is -0.990. The summed E-state index contributed by atoms with van der Waals surface area (Å²) in [6.07, 6.45) is 2.46. The van der Waals surface area contributed by atoms with Gasteiger partial charge in [-0.3, -0.25) is 5.32 Å². The van der Waals surface area contributed by atoms with E-state index in [2.05, 4.69) is 10.1 Å². The van der Waals surface area contributed by atoms with Gasteiger partial charge >= 0.3 is 6.09 Å². The highest BCUT2D eigenvalue weighted by Crippen LogP contribution is 1.90. The molecule has 1 amide bonds. The largest absolute Gasteiger partial charge is 0.450 e. The van der Waals surface area contributed by atoms with E-state index in [1.807, 2.05) is 19.9 Å². The van der Waals surface area contributed by atoms with E-state index in [4.69, 9.17) is 0 Å². The van der Waals surface area contributed by atoms with Gasteiger partial charge in [0.25, 0.3) is 0 Å². The molecular formula is C8H15NO2. The Bertz CT molecular complexity index is 152. The van der Waals surface area contributed by atoms with Gasteiger partial charge in [0.2, 0.25) is 0 Å². The Balaban J connectivity index is 3.66. The van der Waals surface area contributed by atoms with Crippen molar-refractivity contribution in [3.05, 3.63) is 11.8 Å². The highest BCUT2D eigenvalue weighted by atomic mass is 16.5. The fourth-order valence-electron chi connectivity index (χ4n) is 0.685. The van der Waals surface area contributed by atoms with Crippen molar-refractivity contribution in [2.45, 2.75) is 27.2 Å². The van der Waals surface area contributed by atoms with E-state index in [1.54, 1.807) is 6.92 Å². The quantitative estimate of drug-likeness (QED) is 0.680. The Morgan fingerprint density at radius 2 is 2.18 bits per heavy atom. The second kappa shape index (κ2) is 5.77. The van der Waals surface area contributed by atoms with Crippen LogP contribution in [0.5, 0.6) is 0 Å². The fourth-order valence-corrected chi connectivity index (χ4v) is 0.685. The third kappa shape index (κ3) is 5.45. The lowest BCUT2D eigenvalue weighted by Crippen LogP contribution is -2.22. The first-order valence-corrected chi connectivity index (χ1v) is 3.81. The van der Waals surface area contributed by atoms with Crippen molar-refractivity contribution in [3.8, 4) is 0 Å². The lowest BCUT2D eigenvalue weighted by molar-refractivity contribution is 0.155. The van der Waals surface area contributed by atoms with Gasteiger partial charge < -0.3 is 4.74 Å². The summed E-state index contributed by atoms with van der Waals surface area (Å²) in [6.45, 7) is 6.03. The molecule has 0 aromatic rings. The number of nitrogens with one attached hydrogen (secondary N) is 1. The normalized spacial score (nSPS) is 11.0. The fraction of sp³-hybridized carbons (Fsp3) is 0.625. The van der Waals surface area contributed by atoms with Crippen LogP contribution in [0.4, 0.5) is 4.79 Å². The maximum Gasteiger partial charge on any atom is 0.411 e. The molecule has 0 unspecified atom stereocenters. The summed E-state index contributed by atoms with van der Waals surface area (Å²) >= 11 is 0. The zero-order valence-electron chi connectivity index (χ0n) is 7.31. The SMILES string of the molecule is CC/C=C(/C)NC(=O)OCC. The highest BCUT2D eigenvalue weighted by Gasteiger charge is 1.98. The molecule has 0 aromatic carbocycles. The Kier molecular flexibility index (Phi) is 5.25. The van der Waals surface area contributed by atoms with E-state index in [1.165, 1.54) is 0 Å². The molecule has 0 heterocycles. The minimum absolute atomic E-state index is 0.380. The van der Waals surface area contributed by atoms with E-state index in [0.29, 0.717) is 6.61 Å². The molecule has 0 aromatic heterocycles. The molecule has 3 nitrogen and oxygen atoms in total. The van der Waals surface area contributed by atoms with Crippen LogP contribution in [0.15, 0.2) is 11.8 Å². The molecule has 1 N–H and O–H groups in total. The number of amides is 1. The third-order valence-corrected chi connectivity index (χ3v) is 1.08. The second-order valence-electron chi connectivity index (χ2n) is 2.14. The first kappa shape index (κ1) is 10.0. The first-order valence-electron chi connectivity index (χ1n) is 3.81. The summed E-state index contributed by atoms with van der Waals surface area (Å²) in [6, 6.07) is 0. The molecule has 0 rings (SSSR count). The molecule has 0 aliphatic heterocycles. The lowest BCUT2D eigenvalue weighted by Gasteiger charge is -2.03. The van der Waals surface area contributed by atoms with Gasteiger partial charge in [-0.05, 0) is 20.3 Å². The zero-order valence-corrected chi connectivity index (χ0v) is 7.31. The van der Waals surface area contributed by atoms with Crippen LogP contribution in [0.25, 0.3) is 0 Å².